The van der Waals surface area contributed by atoms with Crippen LogP contribution in [0.5, 0.6) is 0 Å². The molecule has 0 aliphatic heterocycles. The fourth-order valence-corrected chi connectivity index (χ4v) is 2.72. The van der Waals surface area contributed by atoms with E-state index < -0.39 is 10.2 Å². The van der Waals surface area contributed by atoms with Crippen molar-refractivity contribution in [3.63, 3.8) is 0 Å². The number of hydrogen-bond donors (Lipinski definition) is 0. The summed E-state index contributed by atoms with van der Waals surface area (Å²) in [6, 6.07) is 24.8. The van der Waals surface area contributed by atoms with Gasteiger partial charge in [-0.05, 0) is 23.8 Å². The molecule has 0 unspecified atom stereocenters. The third kappa shape index (κ3) is 13.4. The van der Waals surface area contributed by atoms with Gasteiger partial charge in [-0.2, -0.15) is 0 Å². The first kappa shape index (κ1) is 34.1. The van der Waals surface area contributed by atoms with Crippen LogP contribution in [0.15, 0.2) is 95.4 Å². The maximum Gasteiger partial charge on any atom is 0.361 e. The van der Waals surface area contributed by atoms with Crippen molar-refractivity contribution in [1.29, 1.82) is 0 Å². The first-order valence-electron chi connectivity index (χ1n) is 8.94. The van der Waals surface area contributed by atoms with Gasteiger partial charge in [0.05, 0.1) is 23.3 Å². The van der Waals surface area contributed by atoms with Crippen LogP contribution < -0.4 is 18.6 Å². The molecular formula is C25H16ClMnO8. The number of halogens is 1. The van der Waals surface area contributed by atoms with Crippen LogP contribution in [-0.4, -0.2) is 0 Å². The van der Waals surface area contributed by atoms with E-state index in [1.54, 1.807) is 0 Å². The molecule has 0 amide bonds. The second kappa shape index (κ2) is 19.3. The van der Waals surface area contributed by atoms with E-state index in [9.17, 15) is 0 Å². The predicted molar refractivity (Wildman–Crippen MR) is 107 cm³/mol. The standard InChI is InChI=1S/C22H16O.3CO.ClHO4.Mn/c1-3-9-17(10-4-1)20-15-21(18-11-5-2-6-12-18)23-22(16-20)19-13-7-8-14-19;3*1-2;2-1(3,4)5;/h1-16H;;;;(H,2,3,4,5);/q+1;;;;;/p-1. The van der Waals surface area contributed by atoms with E-state index in [2.05, 4.69) is 80.6 Å². The van der Waals surface area contributed by atoms with Crippen molar-refractivity contribution >= 4 is 5.57 Å². The molecule has 0 saturated heterocycles. The Morgan fingerprint density at radius 2 is 1.06 bits per heavy atom. The van der Waals surface area contributed by atoms with E-state index >= 15 is 0 Å². The SMILES string of the molecule is [C-]#[O+].[C-]#[O+].[C-]#[O+].[CH]1C=CC(c2cc(-c3ccccc3)cc(-c3ccccc3)[o+]2)=C1.[Mn].[O-][Cl+3]([O-])([O-])[O-]. The second-order valence-electron chi connectivity index (χ2n) is 5.86. The van der Waals surface area contributed by atoms with Crippen LogP contribution in [-0.2, 0) is 31.0 Å². The average molecular weight is 535 g/mol. The minimum atomic E-state index is -4.94. The van der Waals surface area contributed by atoms with Gasteiger partial charge in [0.2, 0.25) is 0 Å². The van der Waals surface area contributed by atoms with Gasteiger partial charge >= 0.3 is 45.4 Å². The Balaban J connectivity index is 0. The molecule has 1 aliphatic rings. The minimum Gasteiger partial charge on any atom is -0.222 e. The van der Waals surface area contributed by atoms with Crippen LogP contribution in [0.2, 0.25) is 0 Å². The van der Waals surface area contributed by atoms with Crippen molar-refractivity contribution in [2.45, 2.75) is 0 Å². The summed E-state index contributed by atoms with van der Waals surface area (Å²) in [5, 5.41) is 0. The van der Waals surface area contributed by atoms with Crippen molar-refractivity contribution in [3.05, 3.63) is 123 Å². The summed E-state index contributed by atoms with van der Waals surface area (Å²) in [7, 11) is -4.94. The van der Waals surface area contributed by atoms with Gasteiger partial charge in [-0.3, -0.25) is 0 Å². The summed E-state index contributed by atoms with van der Waals surface area (Å²) in [5.74, 6) is 1.76. The average Bonchev–Trinajstić information content (AvgIpc) is 3.43. The van der Waals surface area contributed by atoms with Gasteiger partial charge in [-0.1, -0.05) is 60.7 Å². The molecule has 0 fully saturated rings. The van der Waals surface area contributed by atoms with Gasteiger partial charge in [0.15, 0.2) is 0 Å². The monoisotopic (exact) mass is 534 g/mol. The minimum absolute atomic E-state index is 0. The molecule has 1 aliphatic carbocycles. The quantitative estimate of drug-likeness (QED) is 0.279. The molecule has 0 atom stereocenters. The van der Waals surface area contributed by atoms with Gasteiger partial charge in [0, 0.05) is 29.1 Å². The summed E-state index contributed by atoms with van der Waals surface area (Å²) < 4.78 is 62.6. The van der Waals surface area contributed by atoms with Crippen molar-refractivity contribution < 1.29 is 64.3 Å². The molecule has 10 heteroatoms. The molecule has 3 aromatic rings. The molecule has 1 heterocycles. The Labute approximate surface area is 215 Å². The molecular weight excluding hydrogens is 519 g/mol. The van der Waals surface area contributed by atoms with Gasteiger partial charge in [-0.25, -0.2) is 23.1 Å². The van der Waals surface area contributed by atoms with E-state index in [1.807, 2.05) is 36.8 Å². The maximum atomic E-state index is 8.49. The fourth-order valence-electron chi connectivity index (χ4n) is 2.72. The predicted octanol–water partition coefficient (Wildman–Crippen LogP) is 1.18. The zero-order valence-corrected chi connectivity index (χ0v) is 19.7. The summed E-state index contributed by atoms with van der Waals surface area (Å²) in [6.45, 7) is 13.5. The summed E-state index contributed by atoms with van der Waals surface area (Å²) in [6.07, 6.45) is 8.20. The summed E-state index contributed by atoms with van der Waals surface area (Å²) in [4.78, 5) is 0. The Morgan fingerprint density at radius 3 is 1.49 bits per heavy atom. The smallest absolute Gasteiger partial charge is 0.222 e. The van der Waals surface area contributed by atoms with Gasteiger partial charge in [-0.15, -0.1) is 10.2 Å². The van der Waals surface area contributed by atoms with E-state index in [1.165, 1.54) is 5.56 Å². The van der Waals surface area contributed by atoms with Gasteiger partial charge in [0.1, 0.15) is 0 Å². The first-order valence-corrected chi connectivity index (χ1v) is 10.2. The summed E-state index contributed by atoms with van der Waals surface area (Å²) >= 11 is 0. The van der Waals surface area contributed by atoms with Crippen LogP contribution in [0.4, 0.5) is 0 Å². The molecule has 0 N–H and O–H groups in total. The normalized spacial score (nSPS) is 10.5. The molecule has 0 spiro atoms. The molecule has 0 saturated carbocycles. The summed E-state index contributed by atoms with van der Waals surface area (Å²) in [5.41, 5.74) is 4.53. The molecule has 35 heavy (non-hydrogen) atoms. The third-order valence-corrected chi connectivity index (χ3v) is 3.91. The fraction of sp³-hybridized carbons (Fsp3) is 0. The Kier molecular flexibility index (Phi) is 18.8. The maximum absolute atomic E-state index is 8.49. The molecule has 1 aromatic heterocycles. The number of hydrogen-bond acceptors (Lipinski definition) is 4. The van der Waals surface area contributed by atoms with E-state index in [0.29, 0.717) is 0 Å². The Bertz CT molecular complexity index is 1040. The number of benzene rings is 2. The van der Waals surface area contributed by atoms with Crippen molar-refractivity contribution in [1.82, 2.24) is 0 Å². The van der Waals surface area contributed by atoms with E-state index in [4.69, 9.17) is 37.0 Å². The van der Waals surface area contributed by atoms with E-state index in [0.717, 1.165) is 28.2 Å². The first-order chi connectivity index (χ1) is 16.4. The van der Waals surface area contributed by atoms with Crippen molar-refractivity contribution in [3.8, 4) is 22.5 Å². The van der Waals surface area contributed by atoms with Crippen LogP contribution in [0.3, 0.4) is 0 Å². The van der Waals surface area contributed by atoms with Gasteiger partial charge < -0.3 is 0 Å². The molecule has 178 valence electrons. The van der Waals surface area contributed by atoms with Crippen LogP contribution in [0.1, 0.15) is 5.76 Å². The molecule has 4 rings (SSSR count). The molecule has 0 bridgehead atoms. The molecule has 2 aromatic carbocycles. The van der Waals surface area contributed by atoms with Crippen LogP contribution >= 0.6 is 0 Å². The van der Waals surface area contributed by atoms with Crippen LogP contribution in [0, 0.1) is 36.6 Å². The zero-order valence-electron chi connectivity index (χ0n) is 17.8. The Hall–Kier alpha value is -3.06. The molecule has 8 nitrogen and oxygen atoms in total. The Morgan fingerprint density at radius 1 is 0.629 bits per heavy atom. The van der Waals surface area contributed by atoms with Crippen molar-refractivity contribution in [2.24, 2.45) is 0 Å². The molecule has 2 radical (unpaired) electrons. The largest absolute Gasteiger partial charge is 0.361 e. The van der Waals surface area contributed by atoms with Crippen molar-refractivity contribution in [2.75, 3.05) is 0 Å². The third-order valence-electron chi connectivity index (χ3n) is 3.91. The van der Waals surface area contributed by atoms with Gasteiger partial charge in [0.25, 0.3) is 0 Å². The second-order valence-corrected chi connectivity index (χ2v) is 6.61. The number of rotatable bonds is 3. The van der Waals surface area contributed by atoms with Crippen LogP contribution in [0.25, 0.3) is 28.0 Å². The van der Waals surface area contributed by atoms with E-state index in [-0.39, 0.29) is 17.1 Å². The number of allylic oxidation sites excluding steroid dienone is 4. The topological polar surface area (TPSA) is 163 Å². The zero-order chi connectivity index (χ0) is 26.0.